The van der Waals surface area contributed by atoms with Gasteiger partial charge in [-0.2, -0.15) is 0 Å². The molecule has 3 aromatic rings. The number of carbonyl (C=O) groups excluding carboxylic acids is 1. The summed E-state index contributed by atoms with van der Waals surface area (Å²) >= 11 is 3.32. The molecule has 0 spiro atoms. The van der Waals surface area contributed by atoms with Gasteiger partial charge in [0, 0.05) is 15.8 Å². The van der Waals surface area contributed by atoms with Gasteiger partial charge in [0.05, 0.1) is 22.1 Å². The molecule has 0 aliphatic carbocycles. The summed E-state index contributed by atoms with van der Waals surface area (Å²) in [6.07, 6.45) is 0. The number of hydrogen-bond acceptors (Lipinski definition) is 4. The Balaban J connectivity index is 1.63. The number of amides is 1. The summed E-state index contributed by atoms with van der Waals surface area (Å²) in [6, 6.07) is 11.7. The second-order valence-corrected chi connectivity index (χ2v) is 7.30. The summed E-state index contributed by atoms with van der Waals surface area (Å²) in [6.45, 7) is 4.56. The van der Waals surface area contributed by atoms with Crippen molar-refractivity contribution in [3.8, 4) is 10.6 Å². The minimum absolute atomic E-state index is 0.0422. The predicted octanol–water partition coefficient (Wildman–Crippen LogP) is 4.42. The van der Waals surface area contributed by atoms with Crippen molar-refractivity contribution in [2.45, 2.75) is 20.4 Å². The molecule has 0 saturated heterocycles. The molecule has 0 radical (unpaired) electrons. The van der Waals surface area contributed by atoms with E-state index in [0.717, 1.165) is 26.0 Å². The van der Waals surface area contributed by atoms with Crippen LogP contribution in [0.15, 0.2) is 41.8 Å². The molecule has 2 heterocycles. The van der Waals surface area contributed by atoms with Crippen LogP contribution in [0.4, 0.5) is 0 Å². The molecule has 1 aromatic carbocycles. The molecule has 0 atom stereocenters. The Morgan fingerprint density at radius 1 is 1.14 bits per heavy atom. The number of nitrogens with zero attached hydrogens (tertiary/aromatic N) is 1. The van der Waals surface area contributed by atoms with Gasteiger partial charge in [0.1, 0.15) is 0 Å². The first-order valence-electron chi connectivity index (χ1n) is 6.98. The topological polar surface area (TPSA) is 42.0 Å². The standard InChI is InChI=1S/C17H16N2OS2/c1-11-3-5-13(6-4-11)17(20)18-9-14-7-8-16(22-14)15-10-21-12(2)19-15/h3-8,10H,9H2,1-2H3,(H,18,20). The summed E-state index contributed by atoms with van der Waals surface area (Å²) in [5.41, 5.74) is 2.86. The van der Waals surface area contributed by atoms with E-state index < -0.39 is 0 Å². The highest BCUT2D eigenvalue weighted by Gasteiger charge is 2.08. The Hall–Kier alpha value is -1.98. The van der Waals surface area contributed by atoms with Crippen LogP contribution in [0, 0.1) is 13.8 Å². The number of carbonyl (C=O) groups is 1. The molecule has 1 N–H and O–H groups in total. The first kappa shape index (κ1) is 14.9. The fourth-order valence-electron chi connectivity index (χ4n) is 2.06. The first-order valence-corrected chi connectivity index (χ1v) is 8.67. The summed E-state index contributed by atoms with van der Waals surface area (Å²) in [5, 5.41) is 6.09. The zero-order valence-corrected chi connectivity index (χ0v) is 14.1. The van der Waals surface area contributed by atoms with E-state index in [4.69, 9.17) is 0 Å². The van der Waals surface area contributed by atoms with Crippen LogP contribution in [0.2, 0.25) is 0 Å². The second-order valence-electron chi connectivity index (χ2n) is 5.07. The van der Waals surface area contributed by atoms with Crippen LogP contribution in [0.3, 0.4) is 0 Å². The average molecular weight is 328 g/mol. The number of thiazole rings is 1. The van der Waals surface area contributed by atoms with Crippen molar-refractivity contribution in [1.82, 2.24) is 10.3 Å². The third kappa shape index (κ3) is 3.43. The summed E-state index contributed by atoms with van der Waals surface area (Å²) in [4.78, 5) is 18.8. The molecule has 1 amide bonds. The van der Waals surface area contributed by atoms with Gasteiger partial charge in [0.15, 0.2) is 0 Å². The molecular formula is C17H16N2OS2. The highest BCUT2D eigenvalue weighted by molar-refractivity contribution is 7.16. The van der Waals surface area contributed by atoms with Crippen molar-refractivity contribution in [2.75, 3.05) is 0 Å². The summed E-state index contributed by atoms with van der Waals surface area (Å²) < 4.78 is 0. The molecule has 0 aliphatic heterocycles. The smallest absolute Gasteiger partial charge is 0.251 e. The molecule has 112 valence electrons. The van der Waals surface area contributed by atoms with Crippen LogP contribution in [0.25, 0.3) is 10.6 Å². The Kier molecular flexibility index (Phi) is 4.36. The van der Waals surface area contributed by atoms with Gasteiger partial charge in [0.25, 0.3) is 5.91 Å². The number of aryl methyl sites for hydroxylation is 2. The maximum Gasteiger partial charge on any atom is 0.251 e. The van der Waals surface area contributed by atoms with Crippen molar-refractivity contribution in [3.63, 3.8) is 0 Å². The maximum absolute atomic E-state index is 12.1. The second kappa shape index (κ2) is 6.42. The van der Waals surface area contributed by atoms with E-state index in [0.29, 0.717) is 12.1 Å². The number of nitrogens with one attached hydrogen (secondary N) is 1. The largest absolute Gasteiger partial charge is 0.347 e. The van der Waals surface area contributed by atoms with Crippen LogP contribution < -0.4 is 5.32 Å². The van der Waals surface area contributed by atoms with Gasteiger partial charge in [-0.25, -0.2) is 4.98 Å². The van der Waals surface area contributed by atoms with Crippen LogP contribution >= 0.6 is 22.7 Å². The Labute approximate surface area is 137 Å². The lowest BCUT2D eigenvalue weighted by Crippen LogP contribution is -2.22. The van der Waals surface area contributed by atoms with E-state index in [1.54, 1.807) is 22.7 Å². The molecule has 5 heteroatoms. The molecule has 0 saturated carbocycles. The van der Waals surface area contributed by atoms with Crippen molar-refractivity contribution in [1.29, 1.82) is 0 Å². The average Bonchev–Trinajstić information content (AvgIpc) is 3.14. The molecule has 0 unspecified atom stereocenters. The highest BCUT2D eigenvalue weighted by Crippen LogP contribution is 2.28. The lowest BCUT2D eigenvalue weighted by atomic mass is 10.1. The highest BCUT2D eigenvalue weighted by atomic mass is 32.1. The minimum Gasteiger partial charge on any atom is -0.347 e. The molecule has 3 rings (SSSR count). The van der Waals surface area contributed by atoms with Gasteiger partial charge >= 0.3 is 0 Å². The van der Waals surface area contributed by atoms with Crippen molar-refractivity contribution in [3.05, 3.63) is 62.8 Å². The Morgan fingerprint density at radius 2 is 1.91 bits per heavy atom. The number of hydrogen-bond donors (Lipinski definition) is 1. The SMILES string of the molecule is Cc1ccc(C(=O)NCc2ccc(-c3csc(C)n3)s2)cc1. The van der Waals surface area contributed by atoms with Gasteiger partial charge in [-0.05, 0) is 38.1 Å². The molecule has 0 fully saturated rings. The normalized spacial score (nSPS) is 10.6. The number of benzene rings is 1. The zero-order chi connectivity index (χ0) is 15.5. The quantitative estimate of drug-likeness (QED) is 0.770. The van der Waals surface area contributed by atoms with Crippen LogP contribution in [-0.2, 0) is 6.54 Å². The molecule has 3 nitrogen and oxygen atoms in total. The van der Waals surface area contributed by atoms with E-state index in [1.165, 1.54) is 0 Å². The van der Waals surface area contributed by atoms with E-state index >= 15 is 0 Å². The number of thiophene rings is 1. The van der Waals surface area contributed by atoms with Crippen LogP contribution in [-0.4, -0.2) is 10.9 Å². The fourth-order valence-corrected chi connectivity index (χ4v) is 3.66. The molecule has 0 bridgehead atoms. The predicted molar refractivity (Wildman–Crippen MR) is 92.5 cm³/mol. The van der Waals surface area contributed by atoms with Gasteiger partial charge < -0.3 is 5.32 Å². The van der Waals surface area contributed by atoms with E-state index in [2.05, 4.69) is 21.7 Å². The minimum atomic E-state index is -0.0422. The molecule has 0 aliphatic rings. The lowest BCUT2D eigenvalue weighted by Gasteiger charge is -2.03. The third-order valence-corrected chi connectivity index (χ3v) is 5.15. The van der Waals surface area contributed by atoms with E-state index in [9.17, 15) is 4.79 Å². The van der Waals surface area contributed by atoms with Crippen LogP contribution in [0.1, 0.15) is 25.8 Å². The van der Waals surface area contributed by atoms with Crippen LogP contribution in [0.5, 0.6) is 0 Å². The van der Waals surface area contributed by atoms with Crippen molar-refractivity contribution in [2.24, 2.45) is 0 Å². The fraction of sp³-hybridized carbons (Fsp3) is 0.176. The van der Waals surface area contributed by atoms with E-state index in [-0.39, 0.29) is 5.91 Å². The van der Waals surface area contributed by atoms with Gasteiger partial charge in [-0.1, -0.05) is 17.7 Å². The van der Waals surface area contributed by atoms with Crippen molar-refractivity contribution >= 4 is 28.6 Å². The van der Waals surface area contributed by atoms with Gasteiger partial charge in [-0.15, -0.1) is 22.7 Å². The molecule has 22 heavy (non-hydrogen) atoms. The Morgan fingerprint density at radius 3 is 2.59 bits per heavy atom. The maximum atomic E-state index is 12.1. The lowest BCUT2D eigenvalue weighted by molar-refractivity contribution is 0.0951. The summed E-state index contributed by atoms with van der Waals surface area (Å²) in [5.74, 6) is -0.0422. The van der Waals surface area contributed by atoms with E-state index in [1.807, 2.05) is 44.2 Å². The number of aromatic nitrogens is 1. The molecule has 2 aromatic heterocycles. The first-order chi connectivity index (χ1) is 10.6. The number of rotatable bonds is 4. The summed E-state index contributed by atoms with van der Waals surface area (Å²) in [7, 11) is 0. The molecular weight excluding hydrogens is 312 g/mol. The third-order valence-electron chi connectivity index (χ3n) is 3.27. The van der Waals surface area contributed by atoms with Gasteiger partial charge in [-0.3, -0.25) is 4.79 Å². The Bertz CT molecular complexity index is 787. The van der Waals surface area contributed by atoms with Crippen molar-refractivity contribution < 1.29 is 4.79 Å². The zero-order valence-electron chi connectivity index (χ0n) is 12.4. The van der Waals surface area contributed by atoms with Gasteiger partial charge in [0.2, 0.25) is 0 Å². The monoisotopic (exact) mass is 328 g/mol.